The summed E-state index contributed by atoms with van der Waals surface area (Å²) in [7, 11) is -3.28. The largest absolute Gasteiger partial charge is 0.443 e. The van der Waals surface area contributed by atoms with Crippen LogP contribution in [0.15, 0.2) is 41.4 Å². The van der Waals surface area contributed by atoms with E-state index in [4.69, 9.17) is 4.42 Å². The van der Waals surface area contributed by atoms with Crippen molar-refractivity contribution in [2.45, 2.75) is 13.0 Å². The fourth-order valence-corrected chi connectivity index (χ4v) is 3.88. The molecule has 1 aromatic carbocycles. The Bertz CT molecular complexity index is 1110. The van der Waals surface area contributed by atoms with Gasteiger partial charge in [-0.05, 0) is 35.7 Å². The van der Waals surface area contributed by atoms with Gasteiger partial charge in [0.1, 0.15) is 5.52 Å². The average Bonchev–Trinajstić information content (AvgIpc) is 3.07. The molecule has 0 saturated heterocycles. The third kappa shape index (κ3) is 3.06. The molecule has 0 saturated carbocycles. The molecule has 134 valence electrons. The summed E-state index contributed by atoms with van der Waals surface area (Å²) in [6.45, 7) is 0.578. The number of nitrogens with zero attached hydrogens (tertiary/aromatic N) is 3. The second kappa shape index (κ2) is 6.19. The SMILES string of the molecule is CS(=O)(=O)N1CCc2c(cncc2C(=O)Nc2ccc3ocnc3c2)C1. The number of hydrogen-bond acceptors (Lipinski definition) is 6. The lowest BCUT2D eigenvalue weighted by Crippen LogP contribution is -2.36. The molecule has 0 unspecified atom stereocenters. The van der Waals surface area contributed by atoms with Gasteiger partial charge < -0.3 is 9.73 Å². The van der Waals surface area contributed by atoms with Gasteiger partial charge in [0.15, 0.2) is 12.0 Å². The molecule has 0 atom stereocenters. The third-order valence-corrected chi connectivity index (χ3v) is 5.66. The van der Waals surface area contributed by atoms with Crippen LogP contribution in [0.1, 0.15) is 21.5 Å². The summed E-state index contributed by atoms with van der Waals surface area (Å²) in [4.78, 5) is 20.9. The first-order valence-electron chi connectivity index (χ1n) is 7.97. The molecule has 9 heteroatoms. The number of carbonyl (C=O) groups is 1. The molecule has 0 aliphatic carbocycles. The standard InChI is InChI=1S/C17H16N4O4S/c1-26(23,24)21-5-4-13-11(9-21)7-18-8-14(13)17(22)20-12-2-3-16-15(6-12)19-10-25-16/h2-3,6-8,10H,4-5,9H2,1H3,(H,20,22). The van der Waals surface area contributed by atoms with Crippen molar-refractivity contribution < 1.29 is 17.6 Å². The summed E-state index contributed by atoms with van der Waals surface area (Å²) in [5, 5.41) is 2.84. The van der Waals surface area contributed by atoms with Crippen LogP contribution in [0.2, 0.25) is 0 Å². The van der Waals surface area contributed by atoms with Gasteiger partial charge in [0.05, 0.1) is 11.8 Å². The number of aromatic nitrogens is 2. The molecule has 3 aromatic rings. The maximum atomic E-state index is 12.7. The first-order valence-corrected chi connectivity index (χ1v) is 9.82. The topological polar surface area (TPSA) is 105 Å². The second-order valence-electron chi connectivity index (χ2n) is 6.16. The molecule has 0 fully saturated rings. The van der Waals surface area contributed by atoms with E-state index in [-0.39, 0.29) is 12.5 Å². The monoisotopic (exact) mass is 372 g/mol. The van der Waals surface area contributed by atoms with E-state index in [1.807, 2.05) is 0 Å². The Morgan fingerprint density at radius 1 is 1.31 bits per heavy atom. The first-order chi connectivity index (χ1) is 12.4. The van der Waals surface area contributed by atoms with Crippen LogP contribution in [-0.2, 0) is 23.0 Å². The van der Waals surface area contributed by atoms with Crippen molar-refractivity contribution in [1.29, 1.82) is 0 Å². The quantitative estimate of drug-likeness (QED) is 0.751. The number of anilines is 1. The smallest absolute Gasteiger partial charge is 0.257 e. The first kappa shape index (κ1) is 16.7. The minimum atomic E-state index is -3.28. The molecule has 1 aliphatic rings. The highest BCUT2D eigenvalue weighted by Crippen LogP contribution is 2.24. The summed E-state index contributed by atoms with van der Waals surface area (Å²) in [6.07, 6.45) is 6.13. The molecule has 1 aliphatic heterocycles. The summed E-state index contributed by atoms with van der Waals surface area (Å²) < 4.78 is 30.1. The highest BCUT2D eigenvalue weighted by Gasteiger charge is 2.26. The van der Waals surface area contributed by atoms with E-state index in [1.165, 1.54) is 23.2 Å². The molecule has 0 spiro atoms. The number of carbonyl (C=O) groups excluding carboxylic acids is 1. The third-order valence-electron chi connectivity index (χ3n) is 4.41. The van der Waals surface area contributed by atoms with Gasteiger partial charge in [-0.15, -0.1) is 0 Å². The Balaban J connectivity index is 1.61. The fraction of sp³-hybridized carbons (Fsp3) is 0.235. The van der Waals surface area contributed by atoms with Gasteiger partial charge in [0.2, 0.25) is 10.0 Å². The van der Waals surface area contributed by atoms with Crippen molar-refractivity contribution in [2.24, 2.45) is 0 Å². The van der Waals surface area contributed by atoms with Crippen LogP contribution < -0.4 is 5.32 Å². The summed E-state index contributed by atoms with van der Waals surface area (Å²) in [6, 6.07) is 5.20. The van der Waals surface area contributed by atoms with E-state index < -0.39 is 10.0 Å². The van der Waals surface area contributed by atoms with Crippen molar-refractivity contribution in [1.82, 2.24) is 14.3 Å². The van der Waals surface area contributed by atoms with Crippen LogP contribution in [0.4, 0.5) is 5.69 Å². The Kier molecular flexibility index (Phi) is 3.97. The van der Waals surface area contributed by atoms with Crippen LogP contribution in [0.3, 0.4) is 0 Å². The zero-order valence-corrected chi connectivity index (χ0v) is 14.8. The predicted molar refractivity (Wildman–Crippen MR) is 95.2 cm³/mol. The molecular weight excluding hydrogens is 356 g/mol. The summed E-state index contributed by atoms with van der Waals surface area (Å²) >= 11 is 0. The molecule has 2 aromatic heterocycles. The van der Waals surface area contributed by atoms with Crippen molar-refractivity contribution in [3.05, 3.63) is 53.7 Å². The molecular formula is C17H16N4O4S. The molecule has 4 rings (SSSR count). The molecule has 0 radical (unpaired) electrons. The number of pyridine rings is 1. The van der Waals surface area contributed by atoms with E-state index in [1.54, 1.807) is 24.4 Å². The highest BCUT2D eigenvalue weighted by molar-refractivity contribution is 7.88. The number of sulfonamides is 1. The zero-order chi connectivity index (χ0) is 18.3. The minimum Gasteiger partial charge on any atom is -0.443 e. The highest BCUT2D eigenvalue weighted by atomic mass is 32.2. The van der Waals surface area contributed by atoms with E-state index in [2.05, 4.69) is 15.3 Å². The van der Waals surface area contributed by atoms with Crippen molar-refractivity contribution in [3.8, 4) is 0 Å². The molecule has 3 heterocycles. The van der Waals surface area contributed by atoms with Crippen molar-refractivity contribution >= 4 is 32.7 Å². The van der Waals surface area contributed by atoms with Crippen LogP contribution in [-0.4, -0.2) is 41.4 Å². The predicted octanol–water partition coefficient (Wildman–Crippen LogP) is 1.79. The molecule has 1 N–H and O–H groups in total. The lowest BCUT2D eigenvalue weighted by atomic mass is 9.98. The number of nitrogens with one attached hydrogen (secondary N) is 1. The van der Waals surface area contributed by atoms with Crippen molar-refractivity contribution in [3.63, 3.8) is 0 Å². The van der Waals surface area contributed by atoms with E-state index >= 15 is 0 Å². The summed E-state index contributed by atoms with van der Waals surface area (Å²) in [5.41, 5.74) is 3.93. The average molecular weight is 372 g/mol. The van der Waals surface area contributed by atoms with Crippen LogP contribution in [0.5, 0.6) is 0 Å². The molecule has 8 nitrogen and oxygen atoms in total. The zero-order valence-electron chi connectivity index (χ0n) is 14.0. The van der Waals surface area contributed by atoms with E-state index in [9.17, 15) is 13.2 Å². The van der Waals surface area contributed by atoms with Crippen LogP contribution in [0.25, 0.3) is 11.1 Å². The number of fused-ring (bicyclic) bond motifs is 2. The Morgan fingerprint density at radius 2 is 2.15 bits per heavy atom. The maximum absolute atomic E-state index is 12.7. The minimum absolute atomic E-state index is 0.229. The molecule has 0 bridgehead atoms. The lowest BCUT2D eigenvalue weighted by molar-refractivity contribution is 0.102. The van der Waals surface area contributed by atoms with Crippen LogP contribution in [0, 0.1) is 0 Å². The fourth-order valence-electron chi connectivity index (χ4n) is 3.08. The van der Waals surface area contributed by atoms with Gasteiger partial charge in [-0.3, -0.25) is 9.78 Å². The second-order valence-corrected chi connectivity index (χ2v) is 8.14. The number of rotatable bonds is 3. The number of benzene rings is 1. The van der Waals surface area contributed by atoms with Gasteiger partial charge in [0.25, 0.3) is 5.91 Å². The van der Waals surface area contributed by atoms with E-state index in [0.717, 1.165) is 11.1 Å². The van der Waals surface area contributed by atoms with Gasteiger partial charge in [-0.2, -0.15) is 4.31 Å². The van der Waals surface area contributed by atoms with Gasteiger partial charge >= 0.3 is 0 Å². The van der Waals surface area contributed by atoms with Crippen LogP contribution >= 0.6 is 0 Å². The lowest BCUT2D eigenvalue weighted by Gasteiger charge is -2.27. The molecule has 1 amide bonds. The number of oxazole rings is 1. The van der Waals surface area contributed by atoms with E-state index in [0.29, 0.717) is 35.3 Å². The number of amides is 1. The normalized spacial score (nSPS) is 15.0. The van der Waals surface area contributed by atoms with Gasteiger partial charge in [-0.1, -0.05) is 0 Å². The number of hydrogen-bond donors (Lipinski definition) is 1. The Labute approximate surface area is 149 Å². The van der Waals surface area contributed by atoms with Gasteiger partial charge in [-0.25, -0.2) is 13.4 Å². The maximum Gasteiger partial charge on any atom is 0.257 e. The van der Waals surface area contributed by atoms with Crippen molar-refractivity contribution in [2.75, 3.05) is 18.1 Å². The Morgan fingerprint density at radius 3 is 2.96 bits per heavy atom. The Hall–Kier alpha value is -2.78. The van der Waals surface area contributed by atoms with Gasteiger partial charge in [0, 0.05) is 31.2 Å². The summed E-state index contributed by atoms with van der Waals surface area (Å²) in [5.74, 6) is -0.287. The molecule has 26 heavy (non-hydrogen) atoms.